The first kappa shape index (κ1) is 14.6. The lowest BCUT2D eigenvalue weighted by atomic mass is 9.95. The highest BCUT2D eigenvalue weighted by Gasteiger charge is 2.38. The van der Waals surface area contributed by atoms with Crippen molar-refractivity contribution in [3.05, 3.63) is 47.2 Å². The number of nitriles is 1. The second kappa shape index (κ2) is 6.09. The Labute approximate surface area is 123 Å². The number of allylic oxidation sites excluding steroid dienone is 1. The van der Waals surface area contributed by atoms with E-state index in [4.69, 9.17) is 0 Å². The summed E-state index contributed by atoms with van der Waals surface area (Å²) in [5, 5.41) is 14.5. The molecule has 0 aromatic heterocycles. The summed E-state index contributed by atoms with van der Waals surface area (Å²) in [4.78, 5) is 25.4. The zero-order valence-electron chi connectivity index (χ0n) is 11.9. The zero-order chi connectivity index (χ0) is 15.4. The smallest absolute Gasteiger partial charge is 0.330 e. The second-order valence-electron chi connectivity index (χ2n) is 4.60. The van der Waals surface area contributed by atoms with Crippen molar-refractivity contribution in [1.82, 2.24) is 15.5 Å². The Hall–Kier alpha value is -2.81. The van der Waals surface area contributed by atoms with Crippen molar-refractivity contribution in [2.24, 2.45) is 0 Å². The number of urea groups is 2. The molecule has 0 radical (unpaired) electrons. The third-order valence-electron chi connectivity index (χ3n) is 3.23. The number of amides is 4. The van der Waals surface area contributed by atoms with Crippen molar-refractivity contribution >= 4 is 12.1 Å². The van der Waals surface area contributed by atoms with Crippen LogP contribution in [-0.2, 0) is 0 Å². The van der Waals surface area contributed by atoms with E-state index in [9.17, 15) is 14.9 Å². The number of nitrogens with one attached hydrogen (secondary N) is 2. The molecule has 2 N–H and O–H groups in total. The SMILES string of the molecule is CCNC(=O)N1C(=O)NC(C)=C(C#N)C1c1ccccc1. The van der Waals surface area contributed by atoms with Gasteiger partial charge in [0.1, 0.15) is 6.04 Å². The van der Waals surface area contributed by atoms with Gasteiger partial charge < -0.3 is 10.6 Å². The lowest BCUT2D eigenvalue weighted by molar-refractivity contribution is 0.173. The van der Waals surface area contributed by atoms with E-state index in [0.717, 1.165) is 10.5 Å². The molecule has 1 heterocycles. The third kappa shape index (κ3) is 2.72. The van der Waals surface area contributed by atoms with Crippen LogP contribution in [0.25, 0.3) is 0 Å². The lowest BCUT2D eigenvalue weighted by Gasteiger charge is -2.34. The zero-order valence-corrected chi connectivity index (χ0v) is 11.9. The number of hydrogen-bond acceptors (Lipinski definition) is 3. The molecule has 1 aliphatic heterocycles. The molecule has 0 aliphatic carbocycles. The fourth-order valence-electron chi connectivity index (χ4n) is 2.28. The number of nitrogens with zero attached hydrogens (tertiary/aromatic N) is 2. The van der Waals surface area contributed by atoms with Crippen molar-refractivity contribution in [2.45, 2.75) is 19.9 Å². The maximum atomic E-state index is 12.2. The van der Waals surface area contributed by atoms with Crippen LogP contribution in [0, 0.1) is 11.3 Å². The third-order valence-corrected chi connectivity index (χ3v) is 3.23. The van der Waals surface area contributed by atoms with Crippen LogP contribution in [0.5, 0.6) is 0 Å². The molecule has 1 aliphatic rings. The van der Waals surface area contributed by atoms with Crippen molar-refractivity contribution in [3.63, 3.8) is 0 Å². The Bertz CT molecular complexity index is 631. The quantitative estimate of drug-likeness (QED) is 0.873. The second-order valence-corrected chi connectivity index (χ2v) is 4.60. The van der Waals surface area contributed by atoms with Crippen LogP contribution in [0.3, 0.4) is 0 Å². The molecule has 1 atom stereocenters. The standard InChI is InChI=1S/C15H16N4O2/c1-3-17-14(20)19-13(11-7-5-4-6-8-11)12(9-16)10(2)18-15(19)21/h4-8,13H,3H2,1-2H3,(H,17,20)(H,18,21). The fourth-order valence-corrected chi connectivity index (χ4v) is 2.28. The van der Waals surface area contributed by atoms with E-state index < -0.39 is 18.1 Å². The molecule has 6 nitrogen and oxygen atoms in total. The molecule has 0 saturated carbocycles. The van der Waals surface area contributed by atoms with Crippen molar-refractivity contribution in [3.8, 4) is 6.07 Å². The molecule has 0 fully saturated rings. The van der Waals surface area contributed by atoms with E-state index in [-0.39, 0.29) is 0 Å². The molecule has 1 aromatic carbocycles. The molecule has 1 aromatic rings. The minimum absolute atomic E-state index is 0.354. The van der Waals surface area contributed by atoms with E-state index in [1.807, 2.05) is 18.2 Å². The van der Waals surface area contributed by atoms with E-state index in [1.165, 1.54) is 0 Å². The van der Waals surface area contributed by atoms with Crippen LogP contribution in [-0.4, -0.2) is 23.5 Å². The van der Waals surface area contributed by atoms with Crippen LogP contribution in [0.4, 0.5) is 9.59 Å². The summed E-state index contributed by atoms with van der Waals surface area (Å²) in [5.41, 5.74) is 1.54. The summed E-state index contributed by atoms with van der Waals surface area (Å²) in [6.07, 6.45) is 0. The summed E-state index contributed by atoms with van der Waals surface area (Å²) in [5.74, 6) is 0. The van der Waals surface area contributed by atoms with Crippen LogP contribution in [0.15, 0.2) is 41.6 Å². The molecular weight excluding hydrogens is 268 g/mol. The van der Waals surface area contributed by atoms with E-state index in [1.54, 1.807) is 26.0 Å². The van der Waals surface area contributed by atoms with Gasteiger partial charge in [0.2, 0.25) is 0 Å². The number of carbonyl (C=O) groups excluding carboxylic acids is 2. The highest BCUT2D eigenvalue weighted by molar-refractivity contribution is 5.96. The molecule has 1 unspecified atom stereocenters. The van der Waals surface area contributed by atoms with E-state index >= 15 is 0 Å². The Balaban J connectivity index is 2.54. The van der Waals surface area contributed by atoms with E-state index in [0.29, 0.717) is 17.8 Å². The normalized spacial score (nSPS) is 18.0. The average molecular weight is 284 g/mol. The molecule has 6 heteroatoms. The minimum Gasteiger partial charge on any atom is -0.338 e. The largest absolute Gasteiger partial charge is 0.338 e. The Kier molecular flexibility index (Phi) is 4.24. The molecule has 0 bridgehead atoms. The predicted octanol–water partition coefficient (Wildman–Crippen LogP) is 2.28. The number of benzene rings is 1. The maximum Gasteiger partial charge on any atom is 0.330 e. The van der Waals surface area contributed by atoms with Gasteiger partial charge in [0.05, 0.1) is 11.6 Å². The Morgan fingerprint density at radius 1 is 1.43 bits per heavy atom. The van der Waals surface area contributed by atoms with Crippen molar-refractivity contribution in [1.29, 1.82) is 5.26 Å². The van der Waals surface area contributed by atoms with Crippen LogP contribution >= 0.6 is 0 Å². The van der Waals surface area contributed by atoms with Gasteiger partial charge >= 0.3 is 12.1 Å². The number of imide groups is 1. The van der Waals surface area contributed by atoms with Crippen LogP contribution in [0.2, 0.25) is 0 Å². The van der Waals surface area contributed by atoms with Gasteiger partial charge in [-0.15, -0.1) is 0 Å². The van der Waals surface area contributed by atoms with Crippen LogP contribution in [0.1, 0.15) is 25.5 Å². The van der Waals surface area contributed by atoms with Gasteiger partial charge in [-0.1, -0.05) is 30.3 Å². The topological polar surface area (TPSA) is 85.2 Å². The summed E-state index contributed by atoms with van der Waals surface area (Å²) in [7, 11) is 0. The average Bonchev–Trinajstić information content (AvgIpc) is 2.47. The highest BCUT2D eigenvalue weighted by atomic mass is 16.2. The Morgan fingerprint density at radius 3 is 2.67 bits per heavy atom. The monoisotopic (exact) mass is 284 g/mol. The maximum absolute atomic E-state index is 12.2. The number of carbonyl (C=O) groups is 2. The van der Waals surface area contributed by atoms with Gasteiger partial charge in [0, 0.05) is 12.2 Å². The predicted molar refractivity (Wildman–Crippen MR) is 76.9 cm³/mol. The fraction of sp³-hybridized carbons (Fsp3) is 0.267. The minimum atomic E-state index is -0.712. The molecule has 4 amide bonds. The van der Waals surface area contributed by atoms with Crippen molar-refractivity contribution < 1.29 is 9.59 Å². The number of hydrogen-bond donors (Lipinski definition) is 2. The first-order valence-corrected chi connectivity index (χ1v) is 6.64. The summed E-state index contributed by atoms with van der Waals surface area (Å²) >= 11 is 0. The first-order valence-electron chi connectivity index (χ1n) is 6.64. The van der Waals surface area contributed by atoms with Crippen molar-refractivity contribution in [2.75, 3.05) is 6.54 Å². The van der Waals surface area contributed by atoms with Crippen LogP contribution < -0.4 is 10.6 Å². The molecular formula is C15H16N4O2. The lowest BCUT2D eigenvalue weighted by Crippen LogP contribution is -2.53. The van der Waals surface area contributed by atoms with Gasteiger partial charge in [0.25, 0.3) is 0 Å². The van der Waals surface area contributed by atoms with Gasteiger partial charge in [0.15, 0.2) is 0 Å². The van der Waals surface area contributed by atoms with Gasteiger partial charge in [-0.25, -0.2) is 14.5 Å². The first-order chi connectivity index (χ1) is 10.1. The van der Waals surface area contributed by atoms with Gasteiger partial charge in [-0.2, -0.15) is 5.26 Å². The molecule has 0 saturated heterocycles. The molecule has 0 spiro atoms. The Morgan fingerprint density at radius 2 is 2.10 bits per heavy atom. The highest BCUT2D eigenvalue weighted by Crippen LogP contribution is 2.32. The van der Waals surface area contributed by atoms with E-state index in [2.05, 4.69) is 16.7 Å². The van der Waals surface area contributed by atoms with Gasteiger partial charge in [-0.05, 0) is 19.4 Å². The molecule has 108 valence electrons. The summed E-state index contributed by atoms with van der Waals surface area (Å²) in [6, 6.07) is 9.36. The number of rotatable bonds is 2. The summed E-state index contributed by atoms with van der Waals surface area (Å²) in [6.45, 7) is 3.82. The van der Waals surface area contributed by atoms with Gasteiger partial charge in [-0.3, -0.25) is 0 Å². The summed E-state index contributed by atoms with van der Waals surface area (Å²) < 4.78 is 0. The molecule has 21 heavy (non-hydrogen) atoms. The molecule has 2 rings (SSSR count).